The van der Waals surface area contributed by atoms with E-state index in [1.807, 2.05) is 0 Å². The molecule has 1 aromatic carbocycles. The number of benzene rings is 1. The van der Waals surface area contributed by atoms with Crippen molar-refractivity contribution in [3.05, 3.63) is 18.2 Å². The van der Waals surface area contributed by atoms with Gasteiger partial charge in [0.15, 0.2) is 6.54 Å². The highest BCUT2D eigenvalue weighted by Gasteiger charge is 2.34. The lowest BCUT2D eigenvalue weighted by Crippen LogP contribution is -3.15. The first-order chi connectivity index (χ1) is 13.3. The van der Waals surface area contributed by atoms with Crippen LogP contribution in [0.15, 0.2) is 23.1 Å². The monoisotopic (exact) mass is 410 g/mol. The Hall–Kier alpha value is -1.64. The number of hydrogen-bond donors (Lipinski definition) is 2. The number of fused-ring (bicyclic) bond motifs is 1. The van der Waals surface area contributed by atoms with Gasteiger partial charge >= 0.3 is 0 Å². The molecule has 2 fully saturated rings. The Kier molecular flexibility index (Phi) is 6.62. The second-order valence-electron chi connectivity index (χ2n) is 8.17. The Labute approximate surface area is 168 Å². The Morgan fingerprint density at radius 2 is 1.93 bits per heavy atom. The zero-order valence-electron chi connectivity index (χ0n) is 17.0. The van der Waals surface area contributed by atoms with E-state index < -0.39 is 10.0 Å². The molecule has 3 rings (SSSR count). The SMILES string of the molecule is COc1ccc(S(=O)(=O)N(C)C)cc1NC(=O)C[NH+]1CC[C@H]2CCCC[C@@H]2C1. The van der Waals surface area contributed by atoms with Gasteiger partial charge in [-0.05, 0) is 43.4 Å². The molecule has 1 unspecified atom stereocenters. The van der Waals surface area contributed by atoms with Gasteiger partial charge in [-0.25, -0.2) is 12.7 Å². The van der Waals surface area contributed by atoms with Gasteiger partial charge in [-0.2, -0.15) is 0 Å². The second-order valence-corrected chi connectivity index (χ2v) is 10.3. The van der Waals surface area contributed by atoms with Crippen LogP contribution in [0.2, 0.25) is 0 Å². The first-order valence-electron chi connectivity index (χ1n) is 10.0. The van der Waals surface area contributed by atoms with Crippen LogP contribution in [-0.4, -0.2) is 59.5 Å². The maximum absolute atomic E-state index is 12.7. The molecule has 1 amide bonds. The third-order valence-electron chi connectivity index (χ3n) is 6.12. The number of carbonyl (C=O) groups is 1. The number of nitrogens with one attached hydrogen (secondary N) is 2. The van der Waals surface area contributed by atoms with E-state index in [9.17, 15) is 13.2 Å². The van der Waals surface area contributed by atoms with Crippen LogP contribution in [0.3, 0.4) is 0 Å². The molecule has 1 saturated heterocycles. The third kappa shape index (κ3) is 4.67. The molecule has 7 nitrogen and oxygen atoms in total. The molecule has 0 radical (unpaired) electrons. The van der Waals surface area contributed by atoms with Crippen LogP contribution in [-0.2, 0) is 14.8 Å². The first-order valence-corrected chi connectivity index (χ1v) is 11.5. The number of sulfonamides is 1. The molecule has 8 heteroatoms. The van der Waals surface area contributed by atoms with Crippen molar-refractivity contribution in [1.82, 2.24) is 4.31 Å². The van der Waals surface area contributed by atoms with Crippen LogP contribution in [0.25, 0.3) is 0 Å². The van der Waals surface area contributed by atoms with Crippen LogP contribution < -0.4 is 15.0 Å². The van der Waals surface area contributed by atoms with Crippen LogP contribution >= 0.6 is 0 Å². The molecular weight excluding hydrogens is 378 g/mol. The number of quaternary nitrogens is 1. The highest BCUT2D eigenvalue weighted by molar-refractivity contribution is 7.89. The van der Waals surface area contributed by atoms with Crippen molar-refractivity contribution in [3.8, 4) is 5.75 Å². The molecule has 0 spiro atoms. The Balaban J connectivity index is 1.67. The van der Waals surface area contributed by atoms with E-state index in [1.54, 1.807) is 6.07 Å². The topological polar surface area (TPSA) is 80.2 Å². The fourth-order valence-electron chi connectivity index (χ4n) is 4.53. The molecule has 1 saturated carbocycles. The summed E-state index contributed by atoms with van der Waals surface area (Å²) in [4.78, 5) is 14.1. The number of likely N-dealkylation sites (tertiary alicyclic amines) is 1. The molecule has 0 bridgehead atoms. The fraction of sp³-hybridized carbons (Fsp3) is 0.650. The van der Waals surface area contributed by atoms with Crippen molar-refractivity contribution in [2.75, 3.05) is 46.2 Å². The average molecular weight is 411 g/mol. The van der Waals surface area contributed by atoms with E-state index in [1.165, 1.54) is 70.3 Å². The number of ether oxygens (including phenoxy) is 1. The van der Waals surface area contributed by atoms with E-state index >= 15 is 0 Å². The van der Waals surface area contributed by atoms with Crippen molar-refractivity contribution in [2.24, 2.45) is 11.8 Å². The normalized spacial score (nSPS) is 25.2. The summed E-state index contributed by atoms with van der Waals surface area (Å²) < 4.78 is 31.2. The van der Waals surface area contributed by atoms with Gasteiger partial charge in [0.2, 0.25) is 10.0 Å². The molecule has 3 atom stereocenters. The highest BCUT2D eigenvalue weighted by atomic mass is 32.2. The van der Waals surface area contributed by atoms with Gasteiger partial charge in [0, 0.05) is 20.0 Å². The summed E-state index contributed by atoms with van der Waals surface area (Å²) in [5, 5.41) is 2.86. The smallest absolute Gasteiger partial charge is 0.279 e. The maximum Gasteiger partial charge on any atom is 0.279 e. The molecule has 28 heavy (non-hydrogen) atoms. The lowest BCUT2D eigenvalue weighted by molar-refractivity contribution is -0.902. The van der Waals surface area contributed by atoms with E-state index in [-0.39, 0.29) is 10.8 Å². The summed E-state index contributed by atoms with van der Waals surface area (Å²) in [5.74, 6) is 1.93. The molecule has 2 N–H and O–H groups in total. The summed E-state index contributed by atoms with van der Waals surface area (Å²) in [6.45, 7) is 2.49. The fourth-order valence-corrected chi connectivity index (χ4v) is 5.46. The third-order valence-corrected chi connectivity index (χ3v) is 7.93. The van der Waals surface area contributed by atoms with E-state index in [0.717, 1.165) is 29.2 Å². The minimum atomic E-state index is -3.58. The lowest BCUT2D eigenvalue weighted by Gasteiger charge is -2.38. The van der Waals surface area contributed by atoms with Gasteiger partial charge in [-0.15, -0.1) is 0 Å². The lowest BCUT2D eigenvalue weighted by atomic mass is 9.75. The number of hydrogen-bond acceptors (Lipinski definition) is 4. The molecular formula is C20H32N3O4S+. The van der Waals surface area contributed by atoms with E-state index in [4.69, 9.17) is 4.74 Å². The minimum Gasteiger partial charge on any atom is -0.495 e. The Bertz CT molecular complexity index is 810. The van der Waals surface area contributed by atoms with Crippen LogP contribution in [0.5, 0.6) is 5.75 Å². The number of carbonyl (C=O) groups excluding carboxylic acids is 1. The van der Waals surface area contributed by atoms with Crippen LogP contribution in [0.1, 0.15) is 32.1 Å². The molecule has 1 aliphatic carbocycles. The molecule has 1 aromatic rings. The predicted octanol–water partition coefficient (Wildman–Crippen LogP) is 0.979. The van der Waals surface area contributed by atoms with Gasteiger partial charge in [0.1, 0.15) is 5.75 Å². The van der Waals surface area contributed by atoms with Crippen molar-refractivity contribution >= 4 is 21.6 Å². The zero-order valence-corrected chi connectivity index (χ0v) is 17.8. The number of piperidine rings is 1. The first kappa shape index (κ1) is 21.1. The van der Waals surface area contributed by atoms with Gasteiger partial charge in [0.05, 0.1) is 30.8 Å². The summed E-state index contributed by atoms with van der Waals surface area (Å²) in [7, 11) is 0.889. The Morgan fingerprint density at radius 3 is 2.61 bits per heavy atom. The van der Waals surface area contributed by atoms with Gasteiger partial charge in [-0.1, -0.05) is 12.8 Å². The number of amides is 1. The molecule has 2 aliphatic rings. The average Bonchev–Trinajstić information content (AvgIpc) is 2.67. The number of rotatable bonds is 6. The van der Waals surface area contributed by atoms with Gasteiger partial charge < -0.3 is 15.0 Å². The maximum atomic E-state index is 12.7. The number of anilines is 1. The largest absolute Gasteiger partial charge is 0.495 e. The van der Waals surface area contributed by atoms with Crippen LogP contribution in [0, 0.1) is 11.8 Å². The molecule has 1 aliphatic heterocycles. The molecule has 156 valence electrons. The highest BCUT2D eigenvalue weighted by Crippen LogP contribution is 2.32. The molecule has 1 heterocycles. The van der Waals surface area contributed by atoms with E-state index in [2.05, 4.69) is 5.32 Å². The van der Waals surface area contributed by atoms with Gasteiger partial charge in [-0.3, -0.25) is 4.79 Å². The number of nitrogens with zero attached hydrogens (tertiary/aromatic N) is 1. The standard InChI is InChI=1S/C20H31N3O4S/c1-22(2)28(25,26)17-8-9-19(27-3)18(12-17)21-20(24)14-23-11-10-15-6-4-5-7-16(15)13-23/h8-9,12,15-16H,4-7,10-11,13-14H2,1-3H3,(H,21,24)/p+1/t15-,16-/m1/s1. The quantitative estimate of drug-likeness (QED) is 0.733. The second kappa shape index (κ2) is 8.80. The van der Waals surface area contributed by atoms with Gasteiger partial charge in [0.25, 0.3) is 5.91 Å². The zero-order chi connectivity index (χ0) is 20.3. The summed E-state index contributed by atoms with van der Waals surface area (Å²) >= 11 is 0. The minimum absolute atomic E-state index is 0.109. The number of methoxy groups -OCH3 is 1. The van der Waals surface area contributed by atoms with Crippen molar-refractivity contribution in [3.63, 3.8) is 0 Å². The Morgan fingerprint density at radius 1 is 1.21 bits per heavy atom. The van der Waals surface area contributed by atoms with Crippen molar-refractivity contribution in [1.29, 1.82) is 0 Å². The van der Waals surface area contributed by atoms with Crippen molar-refractivity contribution in [2.45, 2.75) is 37.0 Å². The summed E-state index contributed by atoms with van der Waals surface area (Å²) in [6.07, 6.45) is 6.49. The summed E-state index contributed by atoms with van der Waals surface area (Å²) in [5.41, 5.74) is 0.391. The van der Waals surface area contributed by atoms with E-state index in [0.29, 0.717) is 18.0 Å². The predicted molar refractivity (Wildman–Crippen MR) is 108 cm³/mol. The molecule has 0 aromatic heterocycles. The summed E-state index contributed by atoms with van der Waals surface area (Å²) in [6, 6.07) is 4.53. The van der Waals surface area contributed by atoms with Crippen molar-refractivity contribution < 1.29 is 22.8 Å². The van der Waals surface area contributed by atoms with Crippen LogP contribution in [0.4, 0.5) is 5.69 Å².